The van der Waals surface area contributed by atoms with E-state index in [0.717, 1.165) is 10.2 Å². The van der Waals surface area contributed by atoms with E-state index in [1.54, 1.807) is 24.3 Å². The Morgan fingerprint density at radius 3 is 2.79 bits per heavy atom. The van der Waals surface area contributed by atoms with Crippen LogP contribution < -0.4 is 5.32 Å². The molecule has 0 aliphatic carbocycles. The number of carbonyl (C=O) groups is 1. The third-order valence-electron chi connectivity index (χ3n) is 3.22. The number of hydrogen-bond donors (Lipinski definition) is 1. The summed E-state index contributed by atoms with van der Waals surface area (Å²) >= 11 is 0. The van der Waals surface area contributed by atoms with Gasteiger partial charge in [0.25, 0.3) is 5.91 Å². The zero-order valence-electron chi connectivity index (χ0n) is 12.9. The van der Waals surface area contributed by atoms with E-state index in [1.807, 2.05) is 0 Å². The molecular weight excluding hydrogens is 315 g/mol. The van der Waals surface area contributed by atoms with Crippen LogP contribution in [0, 0.1) is 5.82 Å². The van der Waals surface area contributed by atoms with Crippen LogP contribution in [-0.4, -0.2) is 34.4 Å². The molecule has 1 N–H and O–H groups in total. The molecule has 0 bridgehead atoms. The Kier molecular flexibility index (Phi) is 4.66. The van der Waals surface area contributed by atoms with E-state index in [4.69, 9.17) is 9.15 Å². The number of nitrogens with zero attached hydrogens (tertiary/aromatic N) is 3. The minimum Gasteiger partial charge on any atom is -0.461 e. The average Bonchev–Trinajstić information content (AvgIpc) is 3.24. The molecule has 0 saturated carbocycles. The van der Waals surface area contributed by atoms with E-state index in [-0.39, 0.29) is 30.1 Å². The zero-order valence-corrected chi connectivity index (χ0v) is 12.9. The van der Waals surface area contributed by atoms with Gasteiger partial charge in [-0.1, -0.05) is 12.1 Å². The van der Waals surface area contributed by atoms with Crippen LogP contribution in [0.15, 0.2) is 47.1 Å². The highest BCUT2D eigenvalue weighted by atomic mass is 19.1. The summed E-state index contributed by atoms with van der Waals surface area (Å²) < 4.78 is 24.2. The molecule has 0 unspecified atom stereocenters. The number of methoxy groups -OCH3 is 1. The molecule has 2 aromatic heterocycles. The van der Waals surface area contributed by atoms with Gasteiger partial charge in [-0.15, -0.1) is 5.10 Å². The summed E-state index contributed by atoms with van der Waals surface area (Å²) in [7, 11) is 1.42. The summed E-state index contributed by atoms with van der Waals surface area (Å²) in [4.78, 5) is 16.4. The Balaban J connectivity index is 1.84. The summed E-state index contributed by atoms with van der Waals surface area (Å²) in [6.45, 7) is 0.225. The maximum absolute atomic E-state index is 12.9. The first-order valence-corrected chi connectivity index (χ1v) is 7.19. The molecule has 0 aliphatic heterocycles. The summed E-state index contributed by atoms with van der Waals surface area (Å²) in [5.74, 6) is 0.310. The van der Waals surface area contributed by atoms with Gasteiger partial charge < -0.3 is 14.5 Å². The largest absolute Gasteiger partial charge is 0.461 e. The summed E-state index contributed by atoms with van der Waals surface area (Å²) in [6.07, 6.45) is 1.50. The van der Waals surface area contributed by atoms with Crippen LogP contribution in [0.5, 0.6) is 0 Å². The van der Waals surface area contributed by atoms with Crippen molar-refractivity contribution >= 4 is 11.9 Å². The van der Waals surface area contributed by atoms with Gasteiger partial charge in [0.2, 0.25) is 11.8 Å². The Hall–Kier alpha value is -3.00. The van der Waals surface area contributed by atoms with E-state index >= 15 is 0 Å². The highest BCUT2D eigenvalue weighted by Gasteiger charge is 2.18. The highest BCUT2D eigenvalue weighted by Crippen LogP contribution is 2.18. The van der Waals surface area contributed by atoms with Crippen molar-refractivity contribution in [2.24, 2.45) is 0 Å². The van der Waals surface area contributed by atoms with Crippen LogP contribution >= 0.6 is 0 Å². The number of ether oxygens (including phenoxy) is 1. The van der Waals surface area contributed by atoms with Crippen LogP contribution in [0.25, 0.3) is 11.6 Å². The smallest absolute Gasteiger partial charge is 0.276 e. The number of nitrogens with one attached hydrogen (secondary N) is 1. The fourth-order valence-corrected chi connectivity index (χ4v) is 2.08. The molecule has 8 heteroatoms. The minimum atomic E-state index is -0.371. The monoisotopic (exact) mass is 330 g/mol. The predicted molar refractivity (Wildman–Crippen MR) is 84.0 cm³/mol. The van der Waals surface area contributed by atoms with Crippen molar-refractivity contribution < 1.29 is 18.3 Å². The molecule has 0 spiro atoms. The molecular formula is C16H15FN4O3. The number of carbonyl (C=O) groups excluding carboxylic acids is 1. The van der Waals surface area contributed by atoms with Gasteiger partial charge in [0.1, 0.15) is 12.4 Å². The molecule has 3 aromatic rings. The quantitative estimate of drug-likeness (QED) is 0.748. The normalized spacial score (nSPS) is 10.8. The first kappa shape index (κ1) is 15.9. The van der Waals surface area contributed by atoms with Gasteiger partial charge in [0.15, 0.2) is 5.76 Å². The van der Waals surface area contributed by atoms with Crippen molar-refractivity contribution in [1.29, 1.82) is 0 Å². The van der Waals surface area contributed by atoms with Crippen molar-refractivity contribution in [2.75, 3.05) is 19.0 Å². The lowest BCUT2D eigenvalue weighted by molar-refractivity contribution is 0.0748. The standard InChI is InChI=1S/C16H15FN4O3/c1-23-10-14(22)21-16(18-9-11-4-6-12(17)7-5-11)19-15(20-21)13-3-2-8-24-13/h2-8H,9-10H2,1H3,(H,18,19,20). The summed E-state index contributed by atoms with van der Waals surface area (Å²) in [5.41, 5.74) is 0.838. The predicted octanol–water partition coefficient (Wildman–Crippen LogP) is 2.58. The molecule has 1 aromatic carbocycles. The van der Waals surface area contributed by atoms with E-state index < -0.39 is 0 Å². The highest BCUT2D eigenvalue weighted by molar-refractivity contribution is 5.82. The first-order valence-electron chi connectivity index (χ1n) is 7.19. The number of anilines is 1. The van der Waals surface area contributed by atoms with Crippen LogP contribution in [0.1, 0.15) is 10.4 Å². The average molecular weight is 330 g/mol. The number of rotatable bonds is 6. The second-order valence-electron chi connectivity index (χ2n) is 4.95. The molecule has 0 saturated heterocycles. The second-order valence-corrected chi connectivity index (χ2v) is 4.95. The molecule has 0 amide bonds. The lowest BCUT2D eigenvalue weighted by atomic mass is 10.2. The van der Waals surface area contributed by atoms with Crippen molar-refractivity contribution in [1.82, 2.24) is 14.8 Å². The zero-order chi connectivity index (χ0) is 16.9. The third-order valence-corrected chi connectivity index (χ3v) is 3.22. The molecule has 0 fully saturated rings. The molecule has 24 heavy (non-hydrogen) atoms. The molecule has 0 atom stereocenters. The fourth-order valence-electron chi connectivity index (χ4n) is 2.08. The van der Waals surface area contributed by atoms with Gasteiger partial charge in [0, 0.05) is 13.7 Å². The van der Waals surface area contributed by atoms with E-state index in [1.165, 1.54) is 25.5 Å². The van der Waals surface area contributed by atoms with E-state index in [2.05, 4.69) is 15.4 Å². The van der Waals surface area contributed by atoms with Crippen molar-refractivity contribution in [3.05, 3.63) is 54.0 Å². The topological polar surface area (TPSA) is 82.2 Å². The number of aromatic nitrogens is 3. The van der Waals surface area contributed by atoms with Crippen molar-refractivity contribution in [2.45, 2.75) is 6.54 Å². The summed E-state index contributed by atoms with van der Waals surface area (Å²) in [6, 6.07) is 9.43. The van der Waals surface area contributed by atoms with Crippen molar-refractivity contribution in [3.8, 4) is 11.6 Å². The van der Waals surface area contributed by atoms with Crippen LogP contribution in [0.2, 0.25) is 0 Å². The van der Waals surface area contributed by atoms with Gasteiger partial charge in [-0.25, -0.2) is 4.39 Å². The Morgan fingerprint density at radius 2 is 2.12 bits per heavy atom. The second kappa shape index (κ2) is 7.05. The number of halogens is 1. The Labute approximate surface area is 137 Å². The molecule has 0 aliphatic rings. The van der Waals surface area contributed by atoms with Gasteiger partial charge in [-0.05, 0) is 29.8 Å². The van der Waals surface area contributed by atoms with Crippen LogP contribution in [0.4, 0.5) is 10.3 Å². The number of hydrogen-bond acceptors (Lipinski definition) is 6. The molecule has 7 nitrogen and oxygen atoms in total. The number of furan rings is 1. The van der Waals surface area contributed by atoms with Crippen molar-refractivity contribution in [3.63, 3.8) is 0 Å². The molecule has 3 rings (SSSR count). The van der Waals surface area contributed by atoms with E-state index in [0.29, 0.717) is 12.3 Å². The fraction of sp³-hybridized carbons (Fsp3) is 0.188. The van der Waals surface area contributed by atoms with Gasteiger partial charge in [-0.2, -0.15) is 9.67 Å². The van der Waals surface area contributed by atoms with Gasteiger partial charge in [0.05, 0.1) is 6.26 Å². The number of benzene rings is 1. The lowest BCUT2D eigenvalue weighted by Gasteiger charge is -2.06. The molecule has 2 heterocycles. The third kappa shape index (κ3) is 3.49. The minimum absolute atomic E-state index is 0.133. The molecule has 0 radical (unpaired) electrons. The molecule has 124 valence electrons. The van der Waals surface area contributed by atoms with E-state index in [9.17, 15) is 9.18 Å². The van der Waals surface area contributed by atoms with Gasteiger partial charge in [-0.3, -0.25) is 4.79 Å². The van der Waals surface area contributed by atoms with Gasteiger partial charge >= 0.3 is 0 Å². The summed E-state index contributed by atoms with van der Waals surface area (Å²) in [5, 5.41) is 7.18. The lowest BCUT2D eigenvalue weighted by Crippen LogP contribution is -2.20. The Morgan fingerprint density at radius 1 is 1.33 bits per heavy atom. The maximum atomic E-state index is 12.9. The van der Waals surface area contributed by atoms with Crippen LogP contribution in [0.3, 0.4) is 0 Å². The SMILES string of the molecule is COCC(=O)n1nc(-c2ccco2)nc1NCc1ccc(F)cc1. The van der Waals surface area contributed by atoms with Crippen LogP contribution in [-0.2, 0) is 11.3 Å². The first-order chi connectivity index (χ1) is 11.7. The maximum Gasteiger partial charge on any atom is 0.276 e. The Bertz CT molecular complexity index is 812.